The second kappa shape index (κ2) is 9.41. The van der Waals surface area contributed by atoms with Gasteiger partial charge in [-0.15, -0.1) is 0 Å². The number of pyridine rings is 1. The second-order valence-electron chi connectivity index (χ2n) is 6.81. The summed E-state index contributed by atoms with van der Waals surface area (Å²) in [5.41, 5.74) is 4.99. The van der Waals surface area contributed by atoms with Crippen LogP contribution in [0, 0.1) is 6.92 Å². The third kappa shape index (κ3) is 4.78. The van der Waals surface area contributed by atoms with Crippen LogP contribution in [-0.4, -0.2) is 26.6 Å². The SMILES string of the molecule is Cc1cccnc1NC(=O)CCSc1nc(-c2ccccc2)c(-c2ccccc2)[nH]1. The monoisotopic (exact) mass is 414 g/mol. The lowest BCUT2D eigenvalue weighted by atomic mass is 10.1. The van der Waals surface area contributed by atoms with E-state index in [-0.39, 0.29) is 5.91 Å². The van der Waals surface area contributed by atoms with Crippen LogP contribution in [-0.2, 0) is 4.79 Å². The normalized spacial score (nSPS) is 10.7. The van der Waals surface area contributed by atoms with Gasteiger partial charge in [0.25, 0.3) is 0 Å². The molecule has 0 fully saturated rings. The number of H-pyrrole nitrogens is 1. The van der Waals surface area contributed by atoms with Crippen LogP contribution in [0.5, 0.6) is 0 Å². The number of aromatic nitrogens is 3. The van der Waals surface area contributed by atoms with Gasteiger partial charge in [-0.1, -0.05) is 78.5 Å². The zero-order chi connectivity index (χ0) is 20.8. The molecule has 0 aliphatic rings. The van der Waals surface area contributed by atoms with Gasteiger partial charge in [-0.2, -0.15) is 0 Å². The van der Waals surface area contributed by atoms with Crippen molar-refractivity contribution in [1.29, 1.82) is 0 Å². The average Bonchev–Trinajstić information content (AvgIpc) is 3.21. The van der Waals surface area contributed by atoms with Crippen LogP contribution in [0.4, 0.5) is 5.82 Å². The molecule has 150 valence electrons. The number of imidazole rings is 1. The van der Waals surface area contributed by atoms with Crippen molar-refractivity contribution in [2.75, 3.05) is 11.1 Å². The Hall–Kier alpha value is -3.38. The molecule has 0 unspecified atom stereocenters. The fourth-order valence-electron chi connectivity index (χ4n) is 3.09. The molecule has 4 aromatic rings. The lowest BCUT2D eigenvalue weighted by Gasteiger charge is -2.06. The van der Waals surface area contributed by atoms with E-state index in [1.807, 2.05) is 55.5 Å². The number of aryl methyl sites for hydroxylation is 1. The van der Waals surface area contributed by atoms with E-state index < -0.39 is 0 Å². The fourth-order valence-corrected chi connectivity index (χ4v) is 3.90. The minimum Gasteiger partial charge on any atom is -0.332 e. The predicted octanol–water partition coefficient (Wildman–Crippen LogP) is 5.57. The number of aromatic amines is 1. The Labute approximate surface area is 180 Å². The van der Waals surface area contributed by atoms with Crippen LogP contribution < -0.4 is 5.32 Å². The lowest BCUT2D eigenvalue weighted by molar-refractivity contribution is -0.115. The number of hydrogen-bond acceptors (Lipinski definition) is 4. The predicted molar refractivity (Wildman–Crippen MR) is 122 cm³/mol. The summed E-state index contributed by atoms with van der Waals surface area (Å²) in [6.07, 6.45) is 2.05. The molecule has 0 aliphatic carbocycles. The number of nitrogens with one attached hydrogen (secondary N) is 2. The maximum absolute atomic E-state index is 12.3. The molecule has 4 rings (SSSR count). The summed E-state index contributed by atoms with van der Waals surface area (Å²) in [6.45, 7) is 1.93. The molecule has 0 bridgehead atoms. The molecule has 1 amide bonds. The van der Waals surface area contributed by atoms with Crippen LogP contribution in [0.15, 0.2) is 84.1 Å². The van der Waals surface area contributed by atoms with E-state index in [1.165, 1.54) is 11.8 Å². The number of benzene rings is 2. The smallest absolute Gasteiger partial charge is 0.226 e. The summed E-state index contributed by atoms with van der Waals surface area (Å²) >= 11 is 1.54. The van der Waals surface area contributed by atoms with Crippen molar-refractivity contribution < 1.29 is 4.79 Å². The molecule has 0 aliphatic heterocycles. The van der Waals surface area contributed by atoms with Crippen molar-refractivity contribution >= 4 is 23.5 Å². The fraction of sp³-hybridized carbons (Fsp3) is 0.125. The highest BCUT2D eigenvalue weighted by Gasteiger charge is 2.15. The average molecular weight is 415 g/mol. The summed E-state index contributed by atoms with van der Waals surface area (Å²) in [5, 5.41) is 3.67. The second-order valence-corrected chi connectivity index (χ2v) is 7.90. The van der Waals surface area contributed by atoms with E-state index in [1.54, 1.807) is 6.20 Å². The van der Waals surface area contributed by atoms with E-state index in [2.05, 4.69) is 39.6 Å². The molecule has 2 N–H and O–H groups in total. The third-order valence-corrected chi connectivity index (χ3v) is 5.50. The van der Waals surface area contributed by atoms with E-state index >= 15 is 0 Å². The number of anilines is 1. The maximum Gasteiger partial charge on any atom is 0.226 e. The van der Waals surface area contributed by atoms with Gasteiger partial charge >= 0.3 is 0 Å². The van der Waals surface area contributed by atoms with E-state index in [0.29, 0.717) is 18.0 Å². The van der Waals surface area contributed by atoms with E-state index in [9.17, 15) is 4.79 Å². The Morgan fingerprint density at radius 1 is 0.967 bits per heavy atom. The molecular weight excluding hydrogens is 392 g/mol. The Kier molecular flexibility index (Phi) is 6.25. The van der Waals surface area contributed by atoms with Crippen LogP contribution >= 0.6 is 11.8 Å². The quantitative estimate of drug-likeness (QED) is 0.388. The summed E-state index contributed by atoms with van der Waals surface area (Å²) in [6, 6.07) is 24.1. The van der Waals surface area contributed by atoms with Gasteiger partial charge in [-0.05, 0) is 18.6 Å². The number of hydrogen-bond donors (Lipinski definition) is 2. The van der Waals surface area contributed by atoms with Gasteiger partial charge in [0.15, 0.2) is 5.16 Å². The molecule has 0 radical (unpaired) electrons. The van der Waals surface area contributed by atoms with Crippen molar-refractivity contribution in [1.82, 2.24) is 15.0 Å². The minimum atomic E-state index is -0.0533. The Morgan fingerprint density at radius 2 is 1.67 bits per heavy atom. The van der Waals surface area contributed by atoms with Crippen LogP contribution in [0.2, 0.25) is 0 Å². The molecule has 5 nitrogen and oxygen atoms in total. The van der Waals surface area contributed by atoms with Crippen LogP contribution in [0.25, 0.3) is 22.5 Å². The summed E-state index contributed by atoms with van der Waals surface area (Å²) in [7, 11) is 0. The van der Waals surface area contributed by atoms with Gasteiger partial charge in [0.05, 0.1) is 11.4 Å². The molecule has 0 atom stereocenters. The number of nitrogens with zero attached hydrogens (tertiary/aromatic N) is 2. The zero-order valence-electron chi connectivity index (χ0n) is 16.6. The van der Waals surface area contributed by atoms with Gasteiger partial charge in [0.1, 0.15) is 5.82 Å². The Bertz CT molecular complexity index is 1070. The Morgan fingerprint density at radius 3 is 2.37 bits per heavy atom. The summed E-state index contributed by atoms with van der Waals surface area (Å²) in [4.78, 5) is 24.7. The van der Waals surface area contributed by atoms with Crippen molar-refractivity contribution in [3.05, 3.63) is 84.6 Å². The highest BCUT2D eigenvalue weighted by Crippen LogP contribution is 2.32. The van der Waals surface area contributed by atoms with Crippen molar-refractivity contribution in [3.8, 4) is 22.5 Å². The number of carbonyl (C=O) groups is 1. The van der Waals surface area contributed by atoms with Gasteiger partial charge in [-0.3, -0.25) is 4.79 Å². The first kappa shape index (κ1) is 19.9. The number of carbonyl (C=O) groups excluding carboxylic acids is 1. The van der Waals surface area contributed by atoms with Gasteiger partial charge < -0.3 is 10.3 Å². The van der Waals surface area contributed by atoms with Gasteiger partial charge in [-0.25, -0.2) is 9.97 Å². The molecule has 2 heterocycles. The molecule has 0 saturated carbocycles. The minimum absolute atomic E-state index is 0.0533. The third-order valence-electron chi connectivity index (χ3n) is 4.63. The summed E-state index contributed by atoms with van der Waals surface area (Å²) < 4.78 is 0. The number of rotatable bonds is 7. The van der Waals surface area contributed by atoms with E-state index in [0.717, 1.165) is 33.2 Å². The largest absolute Gasteiger partial charge is 0.332 e. The molecule has 2 aromatic heterocycles. The first-order valence-electron chi connectivity index (χ1n) is 9.76. The van der Waals surface area contributed by atoms with Crippen LogP contribution in [0.3, 0.4) is 0 Å². The van der Waals surface area contributed by atoms with Crippen molar-refractivity contribution in [3.63, 3.8) is 0 Å². The summed E-state index contributed by atoms with van der Waals surface area (Å²) in [5.74, 6) is 1.18. The van der Waals surface area contributed by atoms with Crippen molar-refractivity contribution in [2.45, 2.75) is 18.5 Å². The number of amides is 1. The molecule has 0 saturated heterocycles. The highest BCUT2D eigenvalue weighted by molar-refractivity contribution is 7.99. The maximum atomic E-state index is 12.3. The van der Waals surface area contributed by atoms with Crippen molar-refractivity contribution in [2.24, 2.45) is 0 Å². The molecule has 6 heteroatoms. The van der Waals surface area contributed by atoms with Gasteiger partial charge in [0.2, 0.25) is 5.91 Å². The first-order valence-corrected chi connectivity index (χ1v) is 10.7. The molecule has 30 heavy (non-hydrogen) atoms. The number of thioether (sulfide) groups is 1. The topological polar surface area (TPSA) is 70.7 Å². The Balaban J connectivity index is 1.46. The standard InChI is InChI=1S/C24H22N4OS/c1-17-9-8-15-25-23(17)26-20(29)14-16-30-24-27-21(18-10-4-2-5-11-18)22(28-24)19-12-6-3-7-13-19/h2-13,15H,14,16H2,1H3,(H,27,28)(H,25,26,29). The highest BCUT2D eigenvalue weighted by atomic mass is 32.2. The van der Waals surface area contributed by atoms with Crippen LogP contribution in [0.1, 0.15) is 12.0 Å². The zero-order valence-corrected chi connectivity index (χ0v) is 17.4. The molecule has 0 spiro atoms. The first-order chi connectivity index (χ1) is 14.7. The van der Waals surface area contributed by atoms with Gasteiger partial charge in [0, 0.05) is 29.5 Å². The lowest BCUT2D eigenvalue weighted by Crippen LogP contribution is -2.14. The molecule has 2 aromatic carbocycles. The van der Waals surface area contributed by atoms with E-state index in [4.69, 9.17) is 4.98 Å². The molecular formula is C24H22N4OS.